The van der Waals surface area contributed by atoms with E-state index < -0.39 is 0 Å². The van der Waals surface area contributed by atoms with Gasteiger partial charge in [0.05, 0.1) is 19.3 Å². The largest absolute Gasteiger partial charge is 0.493 e. The van der Waals surface area contributed by atoms with Gasteiger partial charge in [0.1, 0.15) is 5.75 Å². The molecule has 0 aromatic heterocycles. The summed E-state index contributed by atoms with van der Waals surface area (Å²) in [6, 6.07) is 12.8. The van der Waals surface area contributed by atoms with E-state index in [-0.39, 0.29) is 6.10 Å². The van der Waals surface area contributed by atoms with Gasteiger partial charge in [-0.05, 0) is 29.7 Å². The smallest absolute Gasteiger partial charge is 0.124 e. The lowest BCUT2D eigenvalue weighted by Gasteiger charge is -2.33. The minimum Gasteiger partial charge on any atom is -0.493 e. The summed E-state index contributed by atoms with van der Waals surface area (Å²) in [6.07, 6.45) is 2.22. The zero-order chi connectivity index (χ0) is 17.5. The maximum Gasteiger partial charge on any atom is 0.124 e. The lowest BCUT2D eigenvalue weighted by molar-refractivity contribution is -0.0433. The fourth-order valence-electron chi connectivity index (χ4n) is 3.40. The van der Waals surface area contributed by atoms with Crippen LogP contribution in [0.5, 0.6) is 5.75 Å². The molecule has 1 aliphatic rings. The van der Waals surface area contributed by atoms with Crippen molar-refractivity contribution in [1.82, 2.24) is 4.90 Å². The molecule has 136 valence electrons. The van der Waals surface area contributed by atoms with E-state index in [1.807, 2.05) is 0 Å². The van der Waals surface area contributed by atoms with Gasteiger partial charge in [0.25, 0.3) is 0 Å². The topological polar surface area (TPSA) is 30.9 Å². The van der Waals surface area contributed by atoms with Gasteiger partial charge in [0.2, 0.25) is 0 Å². The second kappa shape index (κ2) is 9.18. The zero-order valence-electron chi connectivity index (χ0n) is 15.4. The van der Waals surface area contributed by atoms with Crippen molar-refractivity contribution in [1.29, 1.82) is 0 Å². The van der Waals surface area contributed by atoms with E-state index in [1.54, 1.807) is 7.11 Å². The van der Waals surface area contributed by atoms with Gasteiger partial charge < -0.3 is 14.2 Å². The first-order valence-corrected chi connectivity index (χ1v) is 9.28. The second-order valence-corrected chi connectivity index (χ2v) is 6.62. The molecule has 0 amide bonds. The van der Waals surface area contributed by atoms with Gasteiger partial charge in [0.15, 0.2) is 0 Å². The molecule has 4 nitrogen and oxygen atoms in total. The fourth-order valence-corrected chi connectivity index (χ4v) is 3.40. The number of hydrogen-bond donors (Lipinski definition) is 0. The average Bonchev–Trinajstić information content (AvgIpc) is 2.66. The molecule has 2 aromatic carbocycles. The Morgan fingerprint density at radius 2 is 2.04 bits per heavy atom. The highest BCUT2D eigenvalue weighted by Gasteiger charge is 2.22. The third-order valence-corrected chi connectivity index (χ3v) is 4.71. The molecule has 2 aromatic rings. The lowest BCUT2D eigenvalue weighted by Crippen LogP contribution is -2.42. The second-order valence-electron chi connectivity index (χ2n) is 6.62. The summed E-state index contributed by atoms with van der Waals surface area (Å²) in [5.74, 6) is 1.01. The summed E-state index contributed by atoms with van der Waals surface area (Å²) in [7, 11) is 1.74. The highest BCUT2D eigenvalue weighted by Crippen LogP contribution is 2.30. The van der Waals surface area contributed by atoms with E-state index >= 15 is 0 Å². The zero-order valence-corrected chi connectivity index (χ0v) is 15.4. The van der Waals surface area contributed by atoms with Crippen LogP contribution in [0.4, 0.5) is 0 Å². The van der Waals surface area contributed by atoms with Crippen LogP contribution in [0, 0.1) is 0 Å². The summed E-state index contributed by atoms with van der Waals surface area (Å²) in [5.41, 5.74) is 1.29. The summed E-state index contributed by atoms with van der Waals surface area (Å²) in [5, 5.41) is 2.56. The number of methoxy groups -OCH3 is 1. The Balaban J connectivity index is 1.80. The molecule has 1 saturated heterocycles. The van der Waals surface area contributed by atoms with Gasteiger partial charge in [-0.25, -0.2) is 0 Å². The first-order chi connectivity index (χ1) is 12.3. The van der Waals surface area contributed by atoms with Gasteiger partial charge in [0, 0.05) is 38.9 Å². The van der Waals surface area contributed by atoms with E-state index in [1.165, 1.54) is 16.3 Å². The Labute approximate surface area is 150 Å². The number of morpholine rings is 1. The van der Waals surface area contributed by atoms with Gasteiger partial charge in [-0.2, -0.15) is 0 Å². The van der Waals surface area contributed by atoms with Crippen molar-refractivity contribution in [2.75, 3.05) is 40.0 Å². The normalized spacial score (nSPS) is 18.6. The summed E-state index contributed by atoms with van der Waals surface area (Å²) in [4.78, 5) is 2.48. The highest BCUT2D eigenvalue weighted by atomic mass is 16.5. The number of benzene rings is 2. The minimum atomic E-state index is 0.253. The van der Waals surface area contributed by atoms with Crippen LogP contribution < -0.4 is 4.74 Å². The van der Waals surface area contributed by atoms with Gasteiger partial charge in [-0.15, -0.1) is 0 Å². The van der Waals surface area contributed by atoms with Crippen LogP contribution in [0.3, 0.4) is 0 Å². The van der Waals surface area contributed by atoms with Crippen LogP contribution in [0.15, 0.2) is 36.4 Å². The molecule has 1 unspecified atom stereocenters. The highest BCUT2D eigenvalue weighted by molar-refractivity contribution is 5.87. The van der Waals surface area contributed by atoms with Crippen molar-refractivity contribution in [3.05, 3.63) is 42.0 Å². The van der Waals surface area contributed by atoms with Gasteiger partial charge >= 0.3 is 0 Å². The Morgan fingerprint density at radius 3 is 2.88 bits per heavy atom. The SMILES string of the molecule is CCCOc1ccc2ccccc2c1CN1CCOC(CCOC)C1. The van der Waals surface area contributed by atoms with Crippen LogP contribution in [-0.4, -0.2) is 51.0 Å². The predicted molar refractivity (Wildman–Crippen MR) is 101 cm³/mol. The molecule has 4 heteroatoms. The molecule has 0 aliphatic carbocycles. The molecule has 1 aliphatic heterocycles. The first kappa shape index (κ1) is 18.2. The molecule has 0 N–H and O–H groups in total. The summed E-state index contributed by atoms with van der Waals surface area (Å²) >= 11 is 0. The van der Waals surface area contributed by atoms with Crippen LogP contribution in [-0.2, 0) is 16.0 Å². The minimum absolute atomic E-state index is 0.253. The molecule has 0 bridgehead atoms. The number of ether oxygens (including phenoxy) is 3. The standard InChI is InChI=1S/C21H29NO3/c1-3-12-25-21-9-8-17-6-4-5-7-19(17)20(21)16-22-11-14-24-18(15-22)10-13-23-2/h4-9,18H,3,10-16H2,1-2H3. The van der Waals surface area contributed by atoms with Crippen molar-refractivity contribution < 1.29 is 14.2 Å². The van der Waals surface area contributed by atoms with E-state index in [4.69, 9.17) is 14.2 Å². The van der Waals surface area contributed by atoms with Crippen LogP contribution in [0.2, 0.25) is 0 Å². The number of nitrogens with zero attached hydrogens (tertiary/aromatic N) is 1. The molecule has 0 spiro atoms. The van der Waals surface area contributed by atoms with Crippen molar-refractivity contribution in [3.63, 3.8) is 0 Å². The molecule has 1 atom stereocenters. The quantitative estimate of drug-likeness (QED) is 0.728. The number of fused-ring (bicyclic) bond motifs is 1. The van der Waals surface area contributed by atoms with E-state index in [0.29, 0.717) is 0 Å². The monoisotopic (exact) mass is 343 g/mol. The third-order valence-electron chi connectivity index (χ3n) is 4.71. The van der Waals surface area contributed by atoms with Crippen molar-refractivity contribution in [2.45, 2.75) is 32.4 Å². The van der Waals surface area contributed by atoms with E-state index in [2.05, 4.69) is 48.2 Å². The maximum atomic E-state index is 6.05. The molecular formula is C21H29NO3. The summed E-state index contributed by atoms with van der Waals surface area (Å²) < 4.78 is 17.1. The molecule has 25 heavy (non-hydrogen) atoms. The molecule has 1 heterocycles. The average molecular weight is 343 g/mol. The Morgan fingerprint density at radius 1 is 1.16 bits per heavy atom. The maximum absolute atomic E-state index is 6.05. The Kier molecular flexibility index (Phi) is 6.68. The van der Waals surface area contributed by atoms with Crippen LogP contribution >= 0.6 is 0 Å². The fraction of sp³-hybridized carbons (Fsp3) is 0.524. The first-order valence-electron chi connectivity index (χ1n) is 9.28. The summed E-state index contributed by atoms with van der Waals surface area (Å²) in [6.45, 7) is 7.23. The van der Waals surface area contributed by atoms with E-state index in [9.17, 15) is 0 Å². The number of hydrogen-bond acceptors (Lipinski definition) is 4. The van der Waals surface area contributed by atoms with Gasteiger partial charge in [-0.1, -0.05) is 37.3 Å². The lowest BCUT2D eigenvalue weighted by atomic mass is 10.0. The molecule has 3 rings (SSSR count). The Hall–Kier alpha value is -1.62. The van der Waals surface area contributed by atoms with E-state index in [0.717, 1.165) is 58.0 Å². The number of rotatable bonds is 8. The molecular weight excluding hydrogens is 314 g/mol. The van der Waals surface area contributed by atoms with Crippen molar-refractivity contribution >= 4 is 10.8 Å². The van der Waals surface area contributed by atoms with Crippen LogP contribution in [0.25, 0.3) is 10.8 Å². The molecule has 1 fully saturated rings. The van der Waals surface area contributed by atoms with Crippen LogP contribution in [0.1, 0.15) is 25.3 Å². The van der Waals surface area contributed by atoms with Crippen molar-refractivity contribution in [2.24, 2.45) is 0 Å². The molecule has 0 saturated carbocycles. The van der Waals surface area contributed by atoms with Crippen molar-refractivity contribution in [3.8, 4) is 5.75 Å². The molecule has 0 radical (unpaired) electrons. The van der Waals surface area contributed by atoms with Gasteiger partial charge in [-0.3, -0.25) is 4.90 Å². The Bertz CT molecular complexity index is 673. The third kappa shape index (κ3) is 4.72. The predicted octanol–water partition coefficient (Wildman–Crippen LogP) is 3.87.